The first-order valence-electron chi connectivity index (χ1n) is 6.07. The van der Waals surface area contributed by atoms with E-state index in [1.807, 2.05) is 25.2 Å². The maximum absolute atomic E-state index is 11.9. The van der Waals surface area contributed by atoms with Crippen molar-refractivity contribution in [3.8, 4) is 5.75 Å². The predicted molar refractivity (Wildman–Crippen MR) is 72.3 cm³/mol. The highest BCUT2D eigenvalue weighted by Gasteiger charge is 2.22. The van der Waals surface area contributed by atoms with Gasteiger partial charge < -0.3 is 20.3 Å². The fraction of sp³-hybridized carbons (Fsp3) is 0.462. The molecule has 1 aromatic carbocycles. The molecule has 1 aliphatic heterocycles. The Hall–Kier alpha value is -1.75. The second-order valence-electron chi connectivity index (χ2n) is 4.38. The highest BCUT2D eigenvalue weighted by Crippen LogP contribution is 2.34. The summed E-state index contributed by atoms with van der Waals surface area (Å²) >= 11 is 0. The van der Waals surface area contributed by atoms with E-state index >= 15 is 0 Å². The maximum Gasteiger partial charge on any atom is 0.240 e. The molecule has 2 rings (SSSR count). The molecule has 0 bridgehead atoms. The Labute approximate surface area is 107 Å². The Morgan fingerprint density at radius 3 is 2.83 bits per heavy atom. The zero-order valence-electron chi connectivity index (χ0n) is 10.8. The van der Waals surface area contributed by atoms with Gasteiger partial charge in [-0.05, 0) is 18.6 Å². The number of carbonyl (C=O) groups excluding carboxylic acids is 1. The quantitative estimate of drug-likeness (QED) is 0.843. The number of methoxy groups -OCH3 is 1. The Morgan fingerprint density at radius 2 is 2.17 bits per heavy atom. The fourth-order valence-electron chi connectivity index (χ4n) is 2.24. The molecule has 1 aromatic rings. The average Bonchev–Trinajstić information content (AvgIpc) is 2.57. The van der Waals surface area contributed by atoms with Gasteiger partial charge in [0.05, 0.1) is 25.0 Å². The minimum Gasteiger partial charge on any atom is -0.497 e. The molecule has 0 saturated heterocycles. The van der Waals surface area contributed by atoms with Crippen molar-refractivity contribution in [2.24, 2.45) is 5.73 Å². The molecule has 1 amide bonds. The number of nitrogens with two attached hydrogens (primary N) is 1. The molecule has 1 heterocycles. The SMILES string of the molecule is COc1ccc2c(c1)N(C)CCCN2C(=O)CN. The summed E-state index contributed by atoms with van der Waals surface area (Å²) in [6.07, 6.45) is 0.930. The number of nitrogens with zero attached hydrogens (tertiary/aromatic N) is 2. The van der Waals surface area contributed by atoms with Crippen LogP contribution in [0.25, 0.3) is 0 Å². The highest BCUT2D eigenvalue weighted by atomic mass is 16.5. The Kier molecular flexibility index (Phi) is 3.72. The van der Waals surface area contributed by atoms with Gasteiger partial charge >= 0.3 is 0 Å². The van der Waals surface area contributed by atoms with Gasteiger partial charge in [-0.3, -0.25) is 4.79 Å². The molecule has 5 nitrogen and oxygen atoms in total. The Bertz CT molecular complexity index is 448. The fourth-order valence-corrected chi connectivity index (χ4v) is 2.24. The van der Waals surface area contributed by atoms with E-state index in [0.717, 1.165) is 30.1 Å². The summed E-state index contributed by atoms with van der Waals surface area (Å²) in [5.74, 6) is 0.749. The van der Waals surface area contributed by atoms with Crippen LogP contribution in [0.4, 0.5) is 11.4 Å². The molecule has 0 unspecified atom stereocenters. The molecule has 1 aliphatic rings. The van der Waals surface area contributed by atoms with Crippen LogP contribution >= 0.6 is 0 Å². The van der Waals surface area contributed by atoms with E-state index in [9.17, 15) is 4.79 Å². The molecule has 0 radical (unpaired) electrons. The van der Waals surface area contributed by atoms with Crippen molar-refractivity contribution in [3.05, 3.63) is 18.2 Å². The second kappa shape index (κ2) is 5.27. The zero-order chi connectivity index (χ0) is 13.1. The lowest BCUT2D eigenvalue weighted by Crippen LogP contribution is -2.36. The van der Waals surface area contributed by atoms with E-state index in [1.54, 1.807) is 12.0 Å². The van der Waals surface area contributed by atoms with Crippen LogP contribution in [0.15, 0.2) is 18.2 Å². The van der Waals surface area contributed by atoms with Crippen molar-refractivity contribution in [1.29, 1.82) is 0 Å². The van der Waals surface area contributed by atoms with Crippen molar-refractivity contribution >= 4 is 17.3 Å². The third-order valence-corrected chi connectivity index (χ3v) is 3.24. The third kappa shape index (κ3) is 2.26. The van der Waals surface area contributed by atoms with Crippen LogP contribution in [-0.4, -0.2) is 39.7 Å². The molecule has 0 aliphatic carbocycles. The molecule has 5 heteroatoms. The van der Waals surface area contributed by atoms with Crippen LogP contribution in [0.1, 0.15) is 6.42 Å². The lowest BCUT2D eigenvalue weighted by atomic mass is 10.2. The Balaban J connectivity index is 2.46. The molecule has 0 spiro atoms. The highest BCUT2D eigenvalue weighted by molar-refractivity contribution is 5.98. The van der Waals surface area contributed by atoms with E-state index < -0.39 is 0 Å². The number of fused-ring (bicyclic) bond motifs is 1. The van der Waals surface area contributed by atoms with Crippen molar-refractivity contribution in [2.45, 2.75) is 6.42 Å². The van der Waals surface area contributed by atoms with E-state index in [0.29, 0.717) is 6.54 Å². The van der Waals surface area contributed by atoms with Crippen LogP contribution in [0.3, 0.4) is 0 Å². The van der Waals surface area contributed by atoms with Crippen LogP contribution in [0.5, 0.6) is 5.75 Å². The van der Waals surface area contributed by atoms with Gasteiger partial charge in [0.25, 0.3) is 0 Å². The van der Waals surface area contributed by atoms with Crippen LogP contribution in [0, 0.1) is 0 Å². The summed E-state index contributed by atoms with van der Waals surface area (Å²) in [5.41, 5.74) is 7.39. The molecular formula is C13H19N3O2. The number of hydrogen-bond donors (Lipinski definition) is 1. The lowest BCUT2D eigenvalue weighted by molar-refractivity contribution is -0.117. The van der Waals surface area contributed by atoms with Gasteiger partial charge in [0.2, 0.25) is 5.91 Å². The van der Waals surface area contributed by atoms with Gasteiger partial charge in [0.15, 0.2) is 0 Å². The van der Waals surface area contributed by atoms with Gasteiger partial charge in [0.1, 0.15) is 5.75 Å². The van der Waals surface area contributed by atoms with Crippen molar-refractivity contribution in [1.82, 2.24) is 0 Å². The average molecular weight is 249 g/mol. The standard InChI is InChI=1S/C13H19N3O2/c1-15-6-3-7-16(13(17)9-14)11-5-4-10(18-2)8-12(11)15/h4-5,8H,3,6-7,9,14H2,1-2H3. The molecule has 2 N–H and O–H groups in total. The second-order valence-corrected chi connectivity index (χ2v) is 4.38. The smallest absolute Gasteiger partial charge is 0.240 e. The number of rotatable bonds is 2. The summed E-state index contributed by atoms with van der Waals surface area (Å²) in [5, 5.41) is 0. The zero-order valence-corrected chi connectivity index (χ0v) is 10.8. The minimum atomic E-state index is -0.0447. The predicted octanol–water partition coefficient (Wildman–Crippen LogP) is 0.827. The topological polar surface area (TPSA) is 58.8 Å². The first kappa shape index (κ1) is 12.7. The van der Waals surface area contributed by atoms with Gasteiger partial charge in [-0.2, -0.15) is 0 Å². The maximum atomic E-state index is 11.9. The normalized spacial score (nSPS) is 15.1. The van der Waals surface area contributed by atoms with E-state index in [2.05, 4.69) is 4.90 Å². The number of hydrogen-bond acceptors (Lipinski definition) is 4. The molecule has 0 saturated carbocycles. The first-order chi connectivity index (χ1) is 8.67. The monoisotopic (exact) mass is 249 g/mol. The minimum absolute atomic E-state index is 0.0369. The molecule has 0 atom stereocenters. The van der Waals surface area contributed by atoms with Crippen molar-refractivity contribution in [3.63, 3.8) is 0 Å². The third-order valence-electron chi connectivity index (χ3n) is 3.24. The van der Waals surface area contributed by atoms with Crippen molar-refractivity contribution in [2.75, 3.05) is 43.6 Å². The molecular weight excluding hydrogens is 230 g/mol. The number of ether oxygens (including phenoxy) is 1. The van der Waals surface area contributed by atoms with Crippen LogP contribution in [0.2, 0.25) is 0 Å². The molecule has 0 aromatic heterocycles. The lowest BCUT2D eigenvalue weighted by Gasteiger charge is -2.24. The molecule has 0 fully saturated rings. The van der Waals surface area contributed by atoms with Gasteiger partial charge in [-0.1, -0.05) is 0 Å². The summed E-state index contributed by atoms with van der Waals surface area (Å²) in [4.78, 5) is 15.8. The summed E-state index contributed by atoms with van der Waals surface area (Å²) in [6.45, 7) is 1.66. The van der Waals surface area contributed by atoms with E-state index in [4.69, 9.17) is 10.5 Å². The van der Waals surface area contributed by atoms with Crippen LogP contribution < -0.4 is 20.3 Å². The van der Waals surface area contributed by atoms with Gasteiger partial charge in [-0.15, -0.1) is 0 Å². The van der Waals surface area contributed by atoms with Crippen LogP contribution in [-0.2, 0) is 4.79 Å². The van der Waals surface area contributed by atoms with Gasteiger partial charge in [0, 0.05) is 26.2 Å². The number of benzene rings is 1. The van der Waals surface area contributed by atoms with Gasteiger partial charge in [-0.25, -0.2) is 0 Å². The van der Waals surface area contributed by atoms with E-state index in [1.165, 1.54) is 0 Å². The molecule has 98 valence electrons. The van der Waals surface area contributed by atoms with E-state index in [-0.39, 0.29) is 12.5 Å². The summed E-state index contributed by atoms with van der Waals surface area (Å²) in [7, 11) is 3.66. The van der Waals surface area contributed by atoms with Crippen molar-refractivity contribution < 1.29 is 9.53 Å². The number of carbonyl (C=O) groups is 1. The molecule has 18 heavy (non-hydrogen) atoms. The summed E-state index contributed by atoms with van der Waals surface area (Å²) in [6, 6.07) is 5.75. The largest absolute Gasteiger partial charge is 0.497 e. The number of anilines is 2. The first-order valence-corrected chi connectivity index (χ1v) is 6.07. The Morgan fingerprint density at radius 1 is 1.39 bits per heavy atom. The summed E-state index contributed by atoms with van der Waals surface area (Å²) < 4.78 is 5.24. The number of amides is 1.